The molecule has 2 heterocycles. The molecular formula is C13H20N4O2S2. The lowest BCUT2D eigenvalue weighted by atomic mass is 9.97. The zero-order chi connectivity index (χ0) is 15.2. The lowest BCUT2D eigenvalue weighted by Gasteiger charge is -2.31. The van der Waals surface area contributed by atoms with E-state index in [1.165, 1.54) is 23.3 Å². The van der Waals surface area contributed by atoms with Crippen molar-refractivity contribution in [1.29, 1.82) is 0 Å². The molecule has 1 aromatic heterocycles. The van der Waals surface area contributed by atoms with Crippen LogP contribution in [0.3, 0.4) is 0 Å². The van der Waals surface area contributed by atoms with Gasteiger partial charge < -0.3 is 10.2 Å². The first-order valence-corrected chi connectivity index (χ1v) is 9.10. The molecule has 1 N–H and O–H groups in total. The Kier molecular flexibility index (Phi) is 5.98. The Morgan fingerprint density at radius 1 is 1.52 bits per heavy atom. The Hall–Kier alpha value is -1.15. The molecule has 1 fully saturated rings. The van der Waals surface area contributed by atoms with Crippen molar-refractivity contribution in [3.8, 4) is 0 Å². The van der Waals surface area contributed by atoms with Gasteiger partial charge in [-0.15, -0.1) is 0 Å². The lowest BCUT2D eigenvalue weighted by molar-refractivity contribution is -0.134. The molecule has 1 atom stereocenters. The van der Waals surface area contributed by atoms with Crippen LogP contribution in [0.15, 0.2) is 5.16 Å². The number of nitrogens with one attached hydrogen (secondary N) is 1. The number of hydrogen-bond acceptors (Lipinski definition) is 6. The van der Waals surface area contributed by atoms with Crippen LogP contribution in [-0.4, -0.2) is 45.4 Å². The molecule has 0 bridgehead atoms. The second-order valence-electron chi connectivity index (χ2n) is 5.00. The first kappa shape index (κ1) is 16.2. The lowest BCUT2D eigenvalue weighted by Crippen LogP contribution is -2.43. The summed E-state index contributed by atoms with van der Waals surface area (Å²) in [6, 6.07) is 0. The van der Waals surface area contributed by atoms with Crippen molar-refractivity contribution in [3.63, 3.8) is 0 Å². The summed E-state index contributed by atoms with van der Waals surface area (Å²) in [6.07, 6.45) is 4.98. The molecule has 0 aromatic carbocycles. The van der Waals surface area contributed by atoms with Gasteiger partial charge in [-0.3, -0.25) is 9.59 Å². The van der Waals surface area contributed by atoms with Gasteiger partial charge in [0.25, 0.3) is 0 Å². The fourth-order valence-corrected chi connectivity index (χ4v) is 3.47. The smallest absolute Gasteiger partial charge is 0.231 e. The monoisotopic (exact) mass is 328 g/mol. The SMILES string of the molecule is CCCC(=O)N1CCCC(C(=O)Nc2nc(SC)ns2)C1. The average Bonchev–Trinajstić information content (AvgIpc) is 2.95. The van der Waals surface area contributed by atoms with Crippen LogP contribution in [0.25, 0.3) is 0 Å². The number of amides is 2. The van der Waals surface area contributed by atoms with Crippen molar-refractivity contribution in [2.24, 2.45) is 5.92 Å². The highest BCUT2D eigenvalue weighted by molar-refractivity contribution is 7.98. The van der Waals surface area contributed by atoms with Crippen LogP contribution in [0, 0.1) is 5.92 Å². The number of hydrogen-bond donors (Lipinski definition) is 1. The summed E-state index contributed by atoms with van der Waals surface area (Å²) in [5.41, 5.74) is 0. The Morgan fingerprint density at radius 3 is 3.00 bits per heavy atom. The first-order valence-electron chi connectivity index (χ1n) is 7.10. The molecule has 0 radical (unpaired) electrons. The van der Waals surface area contributed by atoms with Crippen LogP contribution in [0.4, 0.5) is 5.13 Å². The Labute approximate surface area is 132 Å². The van der Waals surface area contributed by atoms with Gasteiger partial charge in [0.1, 0.15) is 0 Å². The number of rotatable bonds is 5. The predicted molar refractivity (Wildman–Crippen MR) is 84.5 cm³/mol. The molecule has 1 aliphatic heterocycles. The molecule has 2 rings (SSSR count). The van der Waals surface area contributed by atoms with Crippen molar-refractivity contribution in [2.45, 2.75) is 37.8 Å². The van der Waals surface area contributed by atoms with Crippen LogP contribution in [-0.2, 0) is 9.59 Å². The maximum Gasteiger partial charge on any atom is 0.231 e. The van der Waals surface area contributed by atoms with Gasteiger partial charge in [-0.05, 0) is 25.5 Å². The van der Waals surface area contributed by atoms with Crippen molar-refractivity contribution in [1.82, 2.24) is 14.3 Å². The van der Waals surface area contributed by atoms with E-state index in [-0.39, 0.29) is 17.7 Å². The van der Waals surface area contributed by atoms with Crippen molar-refractivity contribution >= 4 is 40.2 Å². The molecule has 0 saturated carbocycles. The van der Waals surface area contributed by atoms with Gasteiger partial charge in [-0.1, -0.05) is 18.7 Å². The Balaban J connectivity index is 1.91. The quantitative estimate of drug-likeness (QED) is 0.839. The summed E-state index contributed by atoms with van der Waals surface area (Å²) in [5, 5.41) is 4.01. The fourth-order valence-electron chi connectivity index (χ4n) is 2.34. The number of carbonyl (C=O) groups excluding carboxylic acids is 2. The highest BCUT2D eigenvalue weighted by atomic mass is 32.2. The van der Waals surface area contributed by atoms with Crippen molar-refractivity contribution in [3.05, 3.63) is 0 Å². The molecule has 116 valence electrons. The molecular weight excluding hydrogens is 308 g/mol. The number of piperidine rings is 1. The van der Waals surface area contributed by atoms with Gasteiger partial charge in [-0.25, -0.2) is 0 Å². The Bertz CT molecular complexity index is 506. The van der Waals surface area contributed by atoms with E-state index in [4.69, 9.17) is 0 Å². The molecule has 8 heteroatoms. The molecule has 1 unspecified atom stereocenters. The summed E-state index contributed by atoms with van der Waals surface area (Å²) in [7, 11) is 0. The van der Waals surface area contributed by atoms with E-state index in [1.54, 1.807) is 0 Å². The largest absolute Gasteiger partial charge is 0.342 e. The number of anilines is 1. The van der Waals surface area contributed by atoms with E-state index < -0.39 is 0 Å². The summed E-state index contributed by atoms with van der Waals surface area (Å²) in [6.45, 7) is 3.27. The number of thioether (sulfide) groups is 1. The second-order valence-corrected chi connectivity index (χ2v) is 6.53. The second kappa shape index (κ2) is 7.74. The first-order chi connectivity index (χ1) is 10.1. The summed E-state index contributed by atoms with van der Waals surface area (Å²) in [4.78, 5) is 30.2. The molecule has 0 aliphatic carbocycles. The van der Waals surface area contributed by atoms with E-state index in [0.717, 1.165) is 25.8 Å². The third kappa shape index (κ3) is 4.41. The number of carbonyl (C=O) groups is 2. The average molecular weight is 328 g/mol. The van der Waals surface area contributed by atoms with Gasteiger partial charge in [-0.2, -0.15) is 9.36 Å². The molecule has 1 saturated heterocycles. The minimum Gasteiger partial charge on any atom is -0.342 e. The van der Waals surface area contributed by atoms with Crippen LogP contribution in [0.2, 0.25) is 0 Å². The van der Waals surface area contributed by atoms with E-state index >= 15 is 0 Å². The number of nitrogens with zero attached hydrogens (tertiary/aromatic N) is 3. The molecule has 2 amide bonds. The van der Waals surface area contributed by atoms with Gasteiger partial charge >= 0.3 is 0 Å². The van der Waals surface area contributed by atoms with E-state index in [1.807, 2.05) is 18.1 Å². The third-order valence-electron chi connectivity index (χ3n) is 3.43. The van der Waals surface area contributed by atoms with E-state index in [9.17, 15) is 9.59 Å². The van der Waals surface area contributed by atoms with E-state index in [0.29, 0.717) is 23.3 Å². The molecule has 0 spiro atoms. The van der Waals surface area contributed by atoms with Crippen molar-refractivity contribution < 1.29 is 9.59 Å². The standard InChI is InChI=1S/C13H20N4O2S2/c1-3-5-10(18)17-7-4-6-9(8-17)11(19)14-12-15-13(20-2)16-21-12/h9H,3-8H2,1-2H3,(H,14,15,16,19). The van der Waals surface area contributed by atoms with Crippen LogP contribution >= 0.6 is 23.3 Å². The van der Waals surface area contributed by atoms with Crippen LogP contribution in [0.5, 0.6) is 0 Å². The maximum atomic E-state index is 12.3. The van der Waals surface area contributed by atoms with Crippen LogP contribution in [0.1, 0.15) is 32.6 Å². The highest BCUT2D eigenvalue weighted by Gasteiger charge is 2.28. The number of likely N-dealkylation sites (tertiary alicyclic amines) is 1. The van der Waals surface area contributed by atoms with Crippen molar-refractivity contribution in [2.75, 3.05) is 24.7 Å². The van der Waals surface area contributed by atoms with Gasteiger partial charge in [0.15, 0.2) is 0 Å². The summed E-state index contributed by atoms with van der Waals surface area (Å²) < 4.78 is 4.11. The molecule has 21 heavy (non-hydrogen) atoms. The highest BCUT2D eigenvalue weighted by Crippen LogP contribution is 2.22. The zero-order valence-electron chi connectivity index (χ0n) is 12.3. The van der Waals surface area contributed by atoms with Gasteiger partial charge in [0, 0.05) is 31.0 Å². The third-order valence-corrected chi connectivity index (χ3v) is 4.72. The fraction of sp³-hybridized carbons (Fsp3) is 0.692. The minimum atomic E-state index is -0.152. The Morgan fingerprint density at radius 2 is 2.33 bits per heavy atom. The van der Waals surface area contributed by atoms with Gasteiger partial charge in [0.2, 0.25) is 22.1 Å². The minimum absolute atomic E-state index is 0.0622. The van der Waals surface area contributed by atoms with E-state index in [2.05, 4.69) is 14.7 Å². The van der Waals surface area contributed by atoms with Gasteiger partial charge in [0.05, 0.1) is 5.92 Å². The topological polar surface area (TPSA) is 75.2 Å². The predicted octanol–water partition coefficient (Wildman–Crippen LogP) is 2.24. The molecule has 1 aromatic rings. The van der Waals surface area contributed by atoms with Crippen LogP contribution < -0.4 is 5.32 Å². The maximum absolute atomic E-state index is 12.3. The molecule has 6 nitrogen and oxygen atoms in total. The zero-order valence-corrected chi connectivity index (χ0v) is 13.9. The normalized spacial score (nSPS) is 18.6. The number of aromatic nitrogens is 2. The summed E-state index contributed by atoms with van der Waals surface area (Å²) in [5.74, 6) is -0.0652. The molecule has 1 aliphatic rings. The summed E-state index contributed by atoms with van der Waals surface area (Å²) >= 11 is 2.63.